The second-order valence-electron chi connectivity index (χ2n) is 8.84. The summed E-state index contributed by atoms with van der Waals surface area (Å²) in [7, 11) is 4.69. The molecule has 5 rings (SSSR count). The third-order valence-corrected chi connectivity index (χ3v) is 6.85. The van der Waals surface area contributed by atoms with Crippen LogP contribution in [0.15, 0.2) is 85.2 Å². The topological polar surface area (TPSA) is 89.9 Å². The molecule has 2 atom stereocenters. The molecule has 2 unspecified atom stereocenters. The molecule has 1 saturated heterocycles. The van der Waals surface area contributed by atoms with E-state index in [2.05, 4.69) is 26.3 Å². The zero-order valence-electron chi connectivity index (χ0n) is 21.8. The number of thiocarbonyl (C=S) groups is 1. The smallest absolute Gasteiger partial charge is 0.250 e. The number of aromatic nitrogens is 2. The number of ether oxygens (including phenoxy) is 3. The Morgan fingerprint density at radius 1 is 1.00 bits per heavy atom. The van der Waals surface area contributed by atoms with Gasteiger partial charge in [-0.3, -0.25) is 9.78 Å². The van der Waals surface area contributed by atoms with Gasteiger partial charge in [-0.25, -0.2) is 0 Å². The lowest BCUT2D eigenvalue weighted by atomic mass is 10.0. The molecule has 2 aromatic carbocycles. The van der Waals surface area contributed by atoms with Crippen molar-refractivity contribution in [2.45, 2.75) is 12.1 Å². The minimum atomic E-state index is -0.289. The van der Waals surface area contributed by atoms with Crippen LogP contribution in [0.2, 0.25) is 0 Å². The highest BCUT2D eigenvalue weighted by atomic mass is 32.1. The summed E-state index contributed by atoms with van der Waals surface area (Å²) in [6.07, 6.45) is 3.78. The Bertz CT molecular complexity index is 1480. The predicted molar refractivity (Wildman–Crippen MR) is 154 cm³/mol. The Morgan fingerprint density at radius 3 is 2.54 bits per heavy atom. The number of pyridine rings is 1. The molecular weight excluding hydrogens is 514 g/mol. The molecule has 39 heavy (non-hydrogen) atoms. The van der Waals surface area contributed by atoms with E-state index in [1.54, 1.807) is 20.4 Å². The van der Waals surface area contributed by atoms with Gasteiger partial charge < -0.3 is 34.3 Å². The number of hydrogen-bond acceptors (Lipinski definition) is 6. The van der Waals surface area contributed by atoms with Crippen molar-refractivity contribution in [2.24, 2.45) is 0 Å². The van der Waals surface area contributed by atoms with Gasteiger partial charge in [-0.2, -0.15) is 0 Å². The van der Waals surface area contributed by atoms with E-state index in [-0.39, 0.29) is 24.6 Å². The Balaban J connectivity index is 1.64. The molecular formula is C29H29N5O4S. The Labute approximate surface area is 232 Å². The lowest BCUT2D eigenvalue weighted by Gasteiger charge is -2.29. The number of carbonyl (C=O) groups excluding carboxylic acids is 1. The van der Waals surface area contributed by atoms with Crippen LogP contribution in [0, 0.1) is 0 Å². The largest absolute Gasteiger partial charge is 0.495 e. The predicted octanol–water partition coefficient (Wildman–Crippen LogP) is 4.65. The average Bonchev–Trinajstić information content (AvgIpc) is 3.57. The molecule has 9 nitrogen and oxygen atoms in total. The lowest BCUT2D eigenvalue weighted by Crippen LogP contribution is -2.30. The van der Waals surface area contributed by atoms with E-state index >= 15 is 0 Å². The number of amides is 1. The molecule has 0 spiro atoms. The minimum absolute atomic E-state index is 0.0755. The summed E-state index contributed by atoms with van der Waals surface area (Å²) in [5.74, 6) is 0.983. The maximum Gasteiger partial charge on any atom is 0.250 e. The number of para-hydroxylation sites is 2. The number of nitrogens with zero attached hydrogens (tertiary/aromatic N) is 3. The van der Waals surface area contributed by atoms with Crippen LogP contribution in [-0.4, -0.2) is 48.5 Å². The molecule has 10 heteroatoms. The summed E-state index contributed by atoms with van der Waals surface area (Å²) < 4.78 is 18.3. The van der Waals surface area contributed by atoms with E-state index in [0.29, 0.717) is 16.5 Å². The number of nitrogens with one attached hydrogen (secondary N) is 2. The van der Waals surface area contributed by atoms with Gasteiger partial charge in [0.25, 0.3) is 0 Å². The van der Waals surface area contributed by atoms with E-state index in [9.17, 15) is 4.79 Å². The molecule has 3 heterocycles. The molecule has 1 aliphatic heterocycles. The fraction of sp³-hybridized carbons (Fsp3) is 0.207. The van der Waals surface area contributed by atoms with Crippen molar-refractivity contribution in [3.63, 3.8) is 0 Å². The second kappa shape index (κ2) is 11.5. The summed E-state index contributed by atoms with van der Waals surface area (Å²) in [4.78, 5) is 19.1. The fourth-order valence-electron chi connectivity index (χ4n) is 4.88. The standard InChI is InChI=1S/C29H29N5O4S/c1-36-18-26(35)31-21-17-19(13-14-24(21)37-2)34-28(27(32-29(34)39)20-9-6-7-15-30-20)23-11-8-16-33(23)22-10-4-5-12-25(22)38-3/h4-17,27-28H,18H2,1-3H3,(H,31,35)(H,32,39). The Kier molecular flexibility index (Phi) is 7.76. The first-order valence-electron chi connectivity index (χ1n) is 12.3. The highest BCUT2D eigenvalue weighted by Gasteiger charge is 2.42. The molecule has 1 aliphatic rings. The van der Waals surface area contributed by atoms with E-state index in [1.807, 2.05) is 77.8 Å². The van der Waals surface area contributed by atoms with Gasteiger partial charge in [0.15, 0.2) is 5.11 Å². The van der Waals surface area contributed by atoms with Gasteiger partial charge in [-0.1, -0.05) is 18.2 Å². The Morgan fingerprint density at radius 2 is 1.79 bits per heavy atom. The molecule has 2 aromatic heterocycles. The van der Waals surface area contributed by atoms with Crippen molar-refractivity contribution in [1.82, 2.24) is 14.9 Å². The molecule has 2 N–H and O–H groups in total. The molecule has 0 bridgehead atoms. The summed E-state index contributed by atoms with van der Waals surface area (Å²) in [6.45, 7) is -0.0755. The zero-order valence-corrected chi connectivity index (χ0v) is 22.6. The number of carbonyl (C=O) groups is 1. The highest BCUT2D eigenvalue weighted by Crippen LogP contribution is 2.44. The van der Waals surface area contributed by atoms with Crippen molar-refractivity contribution in [3.05, 3.63) is 96.6 Å². The monoisotopic (exact) mass is 543 g/mol. The highest BCUT2D eigenvalue weighted by molar-refractivity contribution is 7.80. The number of hydrogen-bond donors (Lipinski definition) is 2. The SMILES string of the molecule is COCC(=O)Nc1cc(N2C(=S)NC(c3ccccn3)C2c2cccn2-c2ccccc2OC)ccc1OC. The van der Waals surface area contributed by atoms with Gasteiger partial charge in [0, 0.05) is 30.9 Å². The second-order valence-corrected chi connectivity index (χ2v) is 9.22. The first kappa shape index (κ1) is 26.2. The Hall–Kier alpha value is -4.41. The van der Waals surface area contributed by atoms with Crippen LogP contribution in [0.1, 0.15) is 23.5 Å². The number of rotatable bonds is 9. The summed E-state index contributed by atoms with van der Waals surface area (Å²) in [6, 6.07) is 22.8. The van der Waals surface area contributed by atoms with Crippen LogP contribution in [0.5, 0.6) is 11.5 Å². The maximum atomic E-state index is 12.4. The number of anilines is 2. The molecule has 0 aliphatic carbocycles. The third-order valence-electron chi connectivity index (χ3n) is 6.54. The van der Waals surface area contributed by atoms with E-state index < -0.39 is 0 Å². The van der Waals surface area contributed by atoms with Gasteiger partial charge in [0.2, 0.25) is 5.91 Å². The van der Waals surface area contributed by atoms with Gasteiger partial charge >= 0.3 is 0 Å². The first-order valence-corrected chi connectivity index (χ1v) is 12.7. The average molecular weight is 544 g/mol. The quantitative estimate of drug-likeness (QED) is 0.295. The van der Waals surface area contributed by atoms with Crippen LogP contribution in [0.4, 0.5) is 11.4 Å². The van der Waals surface area contributed by atoms with Crippen LogP contribution >= 0.6 is 12.2 Å². The summed E-state index contributed by atoms with van der Waals surface area (Å²) in [5, 5.41) is 6.89. The fourth-order valence-corrected chi connectivity index (χ4v) is 5.22. The van der Waals surface area contributed by atoms with Gasteiger partial charge in [-0.05, 0) is 66.8 Å². The molecule has 200 valence electrons. The normalized spacial score (nSPS) is 16.6. The molecule has 4 aromatic rings. The molecule has 0 saturated carbocycles. The van der Waals surface area contributed by atoms with Crippen molar-refractivity contribution < 1.29 is 19.0 Å². The van der Waals surface area contributed by atoms with Crippen molar-refractivity contribution in [1.29, 1.82) is 0 Å². The van der Waals surface area contributed by atoms with Crippen LogP contribution in [0.25, 0.3) is 5.69 Å². The van der Waals surface area contributed by atoms with Crippen molar-refractivity contribution >= 4 is 34.6 Å². The van der Waals surface area contributed by atoms with E-state index in [1.165, 1.54) is 7.11 Å². The number of methoxy groups -OCH3 is 3. The molecule has 1 amide bonds. The van der Waals surface area contributed by atoms with Crippen LogP contribution in [0.3, 0.4) is 0 Å². The van der Waals surface area contributed by atoms with Crippen LogP contribution in [-0.2, 0) is 9.53 Å². The summed E-state index contributed by atoms with van der Waals surface area (Å²) in [5.41, 5.74) is 4.02. The molecule has 0 radical (unpaired) electrons. The zero-order chi connectivity index (χ0) is 27.4. The van der Waals surface area contributed by atoms with E-state index in [4.69, 9.17) is 26.4 Å². The third kappa shape index (κ3) is 5.16. The van der Waals surface area contributed by atoms with E-state index in [0.717, 1.165) is 28.5 Å². The minimum Gasteiger partial charge on any atom is -0.495 e. The summed E-state index contributed by atoms with van der Waals surface area (Å²) >= 11 is 5.91. The van der Waals surface area contributed by atoms with Crippen LogP contribution < -0.4 is 25.0 Å². The van der Waals surface area contributed by atoms with Crippen molar-refractivity contribution in [3.8, 4) is 17.2 Å². The van der Waals surface area contributed by atoms with Crippen molar-refractivity contribution in [2.75, 3.05) is 38.2 Å². The molecule has 1 fully saturated rings. The van der Waals surface area contributed by atoms with Gasteiger partial charge in [0.05, 0.1) is 37.3 Å². The first-order chi connectivity index (χ1) is 19.0. The lowest BCUT2D eigenvalue weighted by molar-refractivity contribution is -0.119. The number of benzene rings is 2. The maximum absolute atomic E-state index is 12.4. The van der Waals surface area contributed by atoms with Gasteiger partial charge in [0.1, 0.15) is 24.1 Å². The van der Waals surface area contributed by atoms with Gasteiger partial charge in [-0.15, -0.1) is 0 Å².